The molecule has 5 nitrogen and oxygen atoms in total. The fourth-order valence-corrected chi connectivity index (χ4v) is 1.77. The summed E-state index contributed by atoms with van der Waals surface area (Å²) in [6.07, 6.45) is 6.94. The second-order valence-electron chi connectivity index (χ2n) is 3.80. The number of rotatable bonds is 2. The highest BCUT2D eigenvalue weighted by Gasteiger charge is 2.09. The van der Waals surface area contributed by atoms with Gasteiger partial charge in [0, 0.05) is 36.0 Å². The van der Waals surface area contributed by atoms with E-state index in [4.69, 9.17) is 5.73 Å². The van der Waals surface area contributed by atoms with E-state index >= 15 is 0 Å². The van der Waals surface area contributed by atoms with E-state index < -0.39 is 0 Å². The molecule has 1 aromatic carbocycles. The van der Waals surface area contributed by atoms with Crippen molar-refractivity contribution in [2.45, 2.75) is 0 Å². The van der Waals surface area contributed by atoms with Gasteiger partial charge in [-0.25, -0.2) is 15.0 Å². The van der Waals surface area contributed by atoms with Gasteiger partial charge >= 0.3 is 0 Å². The molecule has 2 N–H and O–H groups in total. The van der Waals surface area contributed by atoms with E-state index in [1.807, 2.05) is 35.0 Å². The Balaban J connectivity index is 2.13. The molecule has 0 aliphatic carbocycles. The lowest BCUT2D eigenvalue weighted by molar-refractivity contribution is 0.933. The van der Waals surface area contributed by atoms with Crippen LogP contribution in [0.2, 0.25) is 0 Å². The van der Waals surface area contributed by atoms with E-state index in [2.05, 4.69) is 15.0 Å². The fraction of sp³-hybridized carbons (Fsp3) is 0. The summed E-state index contributed by atoms with van der Waals surface area (Å²) in [5, 5.41) is 0. The molecule has 0 aliphatic rings. The van der Waals surface area contributed by atoms with Gasteiger partial charge in [0.05, 0.1) is 0 Å². The molecular formula is C13H11N5. The van der Waals surface area contributed by atoms with E-state index in [9.17, 15) is 0 Å². The molecular weight excluding hydrogens is 226 g/mol. The van der Waals surface area contributed by atoms with E-state index in [1.54, 1.807) is 24.7 Å². The van der Waals surface area contributed by atoms with Gasteiger partial charge in [0.1, 0.15) is 5.82 Å². The van der Waals surface area contributed by atoms with Crippen LogP contribution in [0.4, 0.5) is 5.69 Å². The summed E-state index contributed by atoms with van der Waals surface area (Å²) < 4.78 is 1.83. The first-order valence-electron chi connectivity index (χ1n) is 5.51. The SMILES string of the molecule is Nc1cccc(-c2nccn2-c2ncccn2)c1. The van der Waals surface area contributed by atoms with Crippen LogP contribution in [-0.2, 0) is 0 Å². The zero-order chi connectivity index (χ0) is 12.4. The predicted molar refractivity (Wildman–Crippen MR) is 69.0 cm³/mol. The topological polar surface area (TPSA) is 69.6 Å². The molecule has 3 rings (SSSR count). The Kier molecular flexibility index (Phi) is 2.49. The normalized spacial score (nSPS) is 10.4. The average Bonchev–Trinajstić information content (AvgIpc) is 2.89. The fourth-order valence-electron chi connectivity index (χ4n) is 1.77. The van der Waals surface area contributed by atoms with Crippen molar-refractivity contribution in [3.63, 3.8) is 0 Å². The van der Waals surface area contributed by atoms with E-state index in [1.165, 1.54) is 0 Å². The van der Waals surface area contributed by atoms with Gasteiger partial charge in [-0.1, -0.05) is 12.1 Å². The predicted octanol–water partition coefficient (Wildman–Crippen LogP) is 1.91. The second kappa shape index (κ2) is 4.29. The number of hydrogen-bond donors (Lipinski definition) is 1. The molecule has 0 radical (unpaired) electrons. The lowest BCUT2D eigenvalue weighted by atomic mass is 10.2. The molecule has 18 heavy (non-hydrogen) atoms. The highest BCUT2D eigenvalue weighted by atomic mass is 15.2. The Labute approximate surface area is 104 Å². The largest absolute Gasteiger partial charge is 0.399 e. The third kappa shape index (κ3) is 1.82. The first kappa shape index (κ1) is 10.5. The number of anilines is 1. The molecule has 0 unspecified atom stereocenters. The number of hydrogen-bond acceptors (Lipinski definition) is 4. The van der Waals surface area contributed by atoms with Crippen LogP contribution < -0.4 is 5.73 Å². The maximum atomic E-state index is 5.79. The molecule has 0 fully saturated rings. The zero-order valence-electron chi connectivity index (χ0n) is 9.56. The third-order valence-electron chi connectivity index (χ3n) is 2.55. The first-order chi connectivity index (χ1) is 8.84. The molecule has 0 atom stereocenters. The van der Waals surface area contributed by atoms with Gasteiger partial charge in [0.25, 0.3) is 0 Å². The minimum Gasteiger partial charge on any atom is -0.399 e. The third-order valence-corrected chi connectivity index (χ3v) is 2.55. The molecule has 3 aromatic rings. The summed E-state index contributed by atoms with van der Waals surface area (Å²) in [6.45, 7) is 0. The summed E-state index contributed by atoms with van der Waals surface area (Å²) in [7, 11) is 0. The minimum absolute atomic E-state index is 0.590. The molecule has 5 heteroatoms. The summed E-state index contributed by atoms with van der Waals surface area (Å²) in [6, 6.07) is 9.35. The Morgan fingerprint density at radius 2 is 1.78 bits per heavy atom. The second-order valence-corrected chi connectivity index (χ2v) is 3.80. The zero-order valence-corrected chi connectivity index (χ0v) is 9.56. The van der Waals surface area contributed by atoms with Crippen LogP contribution in [0.15, 0.2) is 55.1 Å². The highest BCUT2D eigenvalue weighted by molar-refractivity contribution is 5.62. The number of nitrogens with two attached hydrogens (primary N) is 1. The Morgan fingerprint density at radius 3 is 2.56 bits per heavy atom. The lowest BCUT2D eigenvalue weighted by Gasteiger charge is -2.06. The van der Waals surface area contributed by atoms with E-state index in [0.717, 1.165) is 11.4 Å². The van der Waals surface area contributed by atoms with Crippen LogP contribution in [0.1, 0.15) is 0 Å². The molecule has 0 amide bonds. The molecule has 2 aromatic heterocycles. The van der Waals surface area contributed by atoms with Crippen LogP contribution >= 0.6 is 0 Å². The van der Waals surface area contributed by atoms with Crippen LogP contribution in [0.25, 0.3) is 17.3 Å². The van der Waals surface area contributed by atoms with Crippen molar-refractivity contribution in [3.05, 3.63) is 55.1 Å². The van der Waals surface area contributed by atoms with Crippen molar-refractivity contribution in [3.8, 4) is 17.3 Å². The monoisotopic (exact) mass is 237 g/mol. The van der Waals surface area contributed by atoms with Gasteiger partial charge in [0.2, 0.25) is 5.95 Å². The molecule has 0 bridgehead atoms. The van der Waals surface area contributed by atoms with Gasteiger partial charge in [-0.3, -0.25) is 4.57 Å². The van der Waals surface area contributed by atoms with Crippen molar-refractivity contribution in [2.75, 3.05) is 5.73 Å². The Bertz CT molecular complexity index is 660. The Hall–Kier alpha value is -2.69. The quantitative estimate of drug-likeness (QED) is 0.691. The number of nitrogen functional groups attached to an aromatic ring is 1. The number of imidazole rings is 1. The van der Waals surface area contributed by atoms with E-state index in [0.29, 0.717) is 11.6 Å². The average molecular weight is 237 g/mol. The minimum atomic E-state index is 0.590. The summed E-state index contributed by atoms with van der Waals surface area (Å²) >= 11 is 0. The van der Waals surface area contributed by atoms with Crippen LogP contribution in [0.5, 0.6) is 0 Å². The maximum Gasteiger partial charge on any atom is 0.235 e. The molecule has 88 valence electrons. The van der Waals surface area contributed by atoms with Crippen molar-refractivity contribution < 1.29 is 0 Å². The standard InChI is InChI=1S/C13H11N5/c14-11-4-1-3-10(9-11)12-15-7-8-18(12)13-16-5-2-6-17-13/h1-9H,14H2. The van der Waals surface area contributed by atoms with Gasteiger partial charge in [-0.15, -0.1) is 0 Å². The van der Waals surface area contributed by atoms with Crippen LogP contribution in [0, 0.1) is 0 Å². The molecule has 0 saturated carbocycles. The van der Waals surface area contributed by atoms with Crippen LogP contribution in [-0.4, -0.2) is 19.5 Å². The molecule has 0 spiro atoms. The molecule has 2 heterocycles. The summed E-state index contributed by atoms with van der Waals surface area (Å²) in [4.78, 5) is 12.8. The first-order valence-corrected chi connectivity index (χ1v) is 5.51. The van der Waals surface area contributed by atoms with Crippen molar-refractivity contribution in [2.24, 2.45) is 0 Å². The van der Waals surface area contributed by atoms with Crippen LogP contribution in [0.3, 0.4) is 0 Å². The van der Waals surface area contributed by atoms with Crippen molar-refractivity contribution in [1.29, 1.82) is 0 Å². The maximum absolute atomic E-state index is 5.79. The smallest absolute Gasteiger partial charge is 0.235 e. The van der Waals surface area contributed by atoms with Gasteiger partial charge in [0.15, 0.2) is 0 Å². The molecule has 0 saturated heterocycles. The molecule has 0 aliphatic heterocycles. The summed E-state index contributed by atoms with van der Waals surface area (Å²) in [5.41, 5.74) is 7.43. The lowest BCUT2D eigenvalue weighted by Crippen LogP contribution is -2.01. The number of aromatic nitrogens is 4. The van der Waals surface area contributed by atoms with Gasteiger partial charge in [-0.2, -0.15) is 0 Å². The Morgan fingerprint density at radius 1 is 0.944 bits per heavy atom. The van der Waals surface area contributed by atoms with Crippen molar-refractivity contribution in [1.82, 2.24) is 19.5 Å². The van der Waals surface area contributed by atoms with E-state index in [-0.39, 0.29) is 0 Å². The summed E-state index contributed by atoms with van der Waals surface area (Å²) in [5.74, 6) is 1.36. The van der Waals surface area contributed by atoms with Gasteiger partial charge in [-0.05, 0) is 18.2 Å². The van der Waals surface area contributed by atoms with Gasteiger partial charge < -0.3 is 5.73 Å². The number of benzene rings is 1. The van der Waals surface area contributed by atoms with Crippen molar-refractivity contribution >= 4 is 5.69 Å². The number of nitrogens with zero attached hydrogens (tertiary/aromatic N) is 4. The highest BCUT2D eigenvalue weighted by Crippen LogP contribution is 2.21.